The number of carbonyl (C=O) groups is 3. The summed E-state index contributed by atoms with van der Waals surface area (Å²) >= 11 is 37.6. The van der Waals surface area contributed by atoms with E-state index in [1.165, 1.54) is 19.1 Å². The first-order chi connectivity index (χ1) is 17.4. The number of hydrogen-bond acceptors (Lipinski definition) is 3. The molecule has 0 heterocycles. The predicted octanol–water partition coefficient (Wildman–Crippen LogP) is 8.04. The monoisotopic (exact) mass is 617 g/mol. The molecule has 0 aromatic heterocycles. The van der Waals surface area contributed by atoms with Crippen molar-refractivity contribution in [2.75, 3.05) is 16.0 Å². The molecule has 12 heteroatoms. The van der Waals surface area contributed by atoms with Gasteiger partial charge in [0.05, 0.1) is 27.2 Å². The minimum absolute atomic E-state index is 0.0734. The maximum absolute atomic E-state index is 13.1. The number of benzene rings is 3. The topological polar surface area (TPSA) is 87.3 Å². The van der Waals surface area contributed by atoms with E-state index in [2.05, 4.69) is 16.0 Å². The first kappa shape index (κ1) is 27.8. The van der Waals surface area contributed by atoms with Gasteiger partial charge in [0, 0.05) is 34.3 Å². The number of amides is 3. The molecule has 1 fully saturated rings. The van der Waals surface area contributed by atoms with Gasteiger partial charge in [0.15, 0.2) is 0 Å². The van der Waals surface area contributed by atoms with Gasteiger partial charge in [-0.25, -0.2) is 0 Å². The zero-order valence-corrected chi connectivity index (χ0v) is 23.4. The molecule has 3 N–H and O–H groups in total. The molecule has 0 radical (unpaired) electrons. The molecular weight excluding hydrogens is 603 g/mol. The van der Waals surface area contributed by atoms with E-state index in [0.717, 1.165) is 0 Å². The second-order valence-electron chi connectivity index (χ2n) is 8.35. The lowest BCUT2D eigenvalue weighted by Gasteiger charge is -2.12. The zero-order chi connectivity index (χ0) is 27.1. The van der Waals surface area contributed by atoms with Crippen molar-refractivity contribution in [1.82, 2.24) is 0 Å². The van der Waals surface area contributed by atoms with Crippen LogP contribution in [0, 0.1) is 5.92 Å². The Bertz CT molecular complexity index is 1390. The highest BCUT2D eigenvalue weighted by molar-refractivity contribution is 6.53. The summed E-state index contributed by atoms with van der Waals surface area (Å²) in [6, 6.07) is 14.1. The lowest BCUT2D eigenvalue weighted by Crippen LogP contribution is -2.18. The molecule has 0 aliphatic heterocycles. The van der Waals surface area contributed by atoms with Gasteiger partial charge in [-0.15, -0.1) is 23.2 Å². The molecule has 2 unspecified atom stereocenters. The normalized spacial score (nSPS) is 17.6. The fraction of sp³-hybridized carbons (Fsp3) is 0.160. The number of alkyl halides is 2. The minimum Gasteiger partial charge on any atom is -0.326 e. The molecule has 1 aliphatic carbocycles. The molecule has 0 spiro atoms. The Morgan fingerprint density at radius 1 is 0.757 bits per heavy atom. The SMILES string of the molecule is CC(=O)Nc1ccc(NC(=O)c2cc(NC(=O)C3C(c4cc(Cl)cc(Cl)c4)C3(Cl)Cl)c(Cl)cc2Cl)cc1. The fourth-order valence-electron chi connectivity index (χ4n) is 3.89. The van der Waals surface area contributed by atoms with Crippen molar-refractivity contribution in [3.05, 3.63) is 85.8 Å². The molecule has 3 aromatic carbocycles. The zero-order valence-electron chi connectivity index (χ0n) is 18.8. The highest BCUT2D eigenvalue weighted by Gasteiger charge is 2.67. The Morgan fingerprint density at radius 2 is 1.32 bits per heavy atom. The minimum atomic E-state index is -1.39. The Kier molecular flexibility index (Phi) is 8.19. The van der Waals surface area contributed by atoms with E-state index in [4.69, 9.17) is 69.6 Å². The maximum Gasteiger partial charge on any atom is 0.257 e. The van der Waals surface area contributed by atoms with Gasteiger partial charge in [-0.05, 0) is 60.2 Å². The number of hydrogen-bond donors (Lipinski definition) is 3. The summed E-state index contributed by atoms with van der Waals surface area (Å²) in [5.74, 6) is -2.63. The van der Waals surface area contributed by atoms with E-state index in [9.17, 15) is 14.4 Å². The summed E-state index contributed by atoms with van der Waals surface area (Å²) in [5.41, 5.74) is 1.89. The van der Waals surface area contributed by atoms with Crippen LogP contribution in [0.2, 0.25) is 20.1 Å². The Morgan fingerprint density at radius 3 is 1.89 bits per heavy atom. The van der Waals surface area contributed by atoms with E-state index < -0.39 is 28.0 Å². The smallest absolute Gasteiger partial charge is 0.257 e. The number of anilines is 3. The fourth-order valence-corrected chi connectivity index (χ4v) is 5.78. The van der Waals surface area contributed by atoms with Crippen LogP contribution in [0.3, 0.4) is 0 Å². The average Bonchev–Trinajstić information content (AvgIpc) is 3.38. The van der Waals surface area contributed by atoms with Crippen molar-refractivity contribution in [3.63, 3.8) is 0 Å². The van der Waals surface area contributed by atoms with Gasteiger partial charge < -0.3 is 16.0 Å². The van der Waals surface area contributed by atoms with Gasteiger partial charge in [-0.1, -0.05) is 46.4 Å². The van der Waals surface area contributed by atoms with E-state index >= 15 is 0 Å². The molecule has 1 aliphatic rings. The molecule has 3 aromatic rings. The van der Waals surface area contributed by atoms with Crippen LogP contribution in [0.4, 0.5) is 17.1 Å². The molecule has 192 valence electrons. The summed E-state index contributed by atoms with van der Waals surface area (Å²) in [4.78, 5) is 37.2. The first-order valence-corrected chi connectivity index (χ1v) is 13.0. The average molecular weight is 620 g/mol. The molecule has 6 nitrogen and oxygen atoms in total. The second kappa shape index (κ2) is 10.9. The Balaban J connectivity index is 1.51. The highest BCUT2D eigenvalue weighted by Crippen LogP contribution is 2.65. The van der Waals surface area contributed by atoms with E-state index in [0.29, 0.717) is 27.0 Å². The number of nitrogens with one attached hydrogen (secondary N) is 3. The number of rotatable bonds is 6. The third-order valence-electron chi connectivity index (χ3n) is 5.60. The quantitative estimate of drug-likeness (QED) is 0.244. The second-order valence-corrected chi connectivity index (χ2v) is 11.5. The Hall–Kier alpha value is -2.19. The largest absolute Gasteiger partial charge is 0.326 e. The third-order valence-corrected chi connectivity index (χ3v) is 7.60. The van der Waals surface area contributed by atoms with E-state index in [1.807, 2.05) is 0 Å². The van der Waals surface area contributed by atoms with Crippen molar-refractivity contribution in [2.24, 2.45) is 5.92 Å². The van der Waals surface area contributed by atoms with Crippen LogP contribution in [0.1, 0.15) is 28.8 Å². The van der Waals surface area contributed by atoms with Gasteiger partial charge >= 0.3 is 0 Å². The molecule has 3 amide bonds. The third kappa shape index (κ3) is 6.28. The lowest BCUT2D eigenvalue weighted by molar-refractivity contribution is -0.117. The highest BCUT2D eigenvalue weighted by atomic mass is 35.5. The van der Waals surface area contributed by atoms with Crippen LogP contribution in [-0.2, 0) is 9.59 Å². The van der Waals surface area contributed by atoms with Gasteiger partial charge in [0.1, 0.15) is 4.33 Å². The summed E-state index contributed by atoms with van der Waals surface area (Å²) in [5, 5.41) is 9.00. The molecule has 1 saturated carbocycles. The van der Waals surface area contributed by atoms with Crippen molar-refractivity contribution in [3.8, 4) is 0 Å². The summed E-state index contributed by atoms with van der Waals surface area (Å²) < 4.78 is -1.39. The van der Waals surface area contributed by atoms with E-state index in [-0.39, 0.29) is 27.2 Å². The number of halogens is 6. The van der Waals surface area contributed by atoms with Crippen LogP contribution in [0.5, 0.6) is 0 Å². The standard InChI is InChI=1S/C25H17Cl6N3O3/c1-11(35)32-15-2-4-16(5-3-15)33-23(36)17-9-20(19(29)10-18(17)28)34-24(37)22-21(25(22,30)31)12-6-13(26)8-14(27)7-12/h2-10,21-22H,1H3,(H,32,35)(H,33,36)(H,34,37). The maximum atomic E-state index is 13.1. The van der Waals surface area contributed by atoms with Crippen LogP contribution in [-0.4, -0.2) is 22.1 Å². The molecule has 0 saturated heterocycles. The lowest BCUT2D eigenvalue weighted by atomic mass is 10.1. The molecule has 4 rings (SSSR count). The van der Waals surface area contributed by atoms with Crippen LogP contribution < -0.4 is 16.0 Å². The van der Waals surface area contributed by atoms with Crippen molar-refractivity contribution >= 4 is 104 Å². The summed E-state index contributed by atoms with van der Waals surface area (Å²) in [6.45, 7) is 1.39. The van der Waals surface area contributed by atoms with Gasteiger partial charge in [-0.3, -0.25) is 14.4 Å². The number of carbonyl (C=O) groups excluding carboxylic acids is 3. The molecular formula is C25H17Cl6N3O3. The van der Waals surface area contributed by atoms with Gasteiger partial charge in [0.25, 0.3) is 5.91 Å². The van der Waals surface area contributed by atoms with Gasteiger partial charge in [0.2, 0.25) is 11.8 Å². The van der Waals surface area contributed by atoms with Crippen LogP contribution in [0.25, 0.3) is 0 Å². The van der Waals surface area contributed by atoms with Crippen molar-refractivity contribution in [1.29, 1.82) is 0 Å². The summed E-state index contributed by atoms with van der Waals surface area (Å²) in [6.07, 6.45) is 0. The van der Waals surface area contributed by atoms with Crippen LogP contribution in [0.15, 0.2) is 54.6 Å². The van der Waals surface area contributed by atoms with Gasteiger partial charge in [-0.2, -0.15) is 0 Å². The molecule has 37 heavy (non-hydrogen) atoms. The molecule has 2 atom stereocenters. The van der Waals surface area contributed by atoms with Crippen molar-refractivity contribution in [2.45, 2.75) is 17.2 Å². The molecule has 0 bridgehead atoms. The summed E-state index contributed by atoms with van der Waals surface area (Å²) in [7, 11) is 0. The predicted molar refractivity (Wildman–Crippen MR) is 151 cm³/mol. The van der Waals surface area contributed by atoms with Crippen molar-refractivity contribution < 1.29 is 14.4 Å². The van der Waals surface area contributed by atoms with E-state index in [1.54, 1.807) is 42.5 Å². The Labute approximate surface area is 242 Å². The first-order valence-electron chi connectivity index (χ1n) is 10.7. The van der Waals surface area contributed by atoms with Crippen LogP contribution >= 0.6 is 69.6 Å².